The van der Waals surface area contributed by atoms with E-state index in [1.807, 2.05) is 10.7 Å². The van der Waals surface area contributed by atoms with Crippen LogP contribution in [0.2, 0.25) is 0 Å². The Morgan fingerprint density at radius 2 is 1.88 bits per heavy atom. The van der Waals surface area contributed by atoms with Crippen molar-refractivity contribution in [1.29, 1.82) is 0 Å². The van der Waals surface area contributed by atoms with E-state index in [2.05, 4.69) is 10.4 Å². The number of carbonyl (C=O) groups excluding carboxylic acids is 1. The highest BCUT2D eigenvalue weighted by Gasteiger charge is 2.36. The maximum absolute atomic E-state index is 12.6. The molecule has 24 heavy (non-hydrogen) atoms. The molecule has 1 aromatic heterocycles. The largest absolute Gasteiger partial charge is 0.348 e. The highest BCUT2D eigenvalue weighted by atomic mass is 32.2. The van der Waals surface area contributed by atoms with Crippen molar-refractivity contribution in [3.05, 3.63) is 17.5 Å². The summed E-state index contributed by atoms with van der Waals surface area (Å²) in [6.45, 7) is 0. The second kappa shape index (κ2) is 6.17. The van der Waals surface area contributed by atoms with Gasteiger partial charge in [0.1, 0.15) is 5.69 Å². The molecule has 7 heteroatoms. The number of carbonyl (C=O) groups is 1. The Labute approximate surface area is 142 Å². The lowest BCUT2D eigenvalue weighted by atomic mass is 9.95. The van der Waals surface area contributed by atoms with Crippen LogP contribution in [0.15, 0.2) is 6.07 Å². The van der Waals surface area contributed by atoms with E-state index in [-0.39, 0.29) is 29.5 Å². The molecule has 1 saturated heterocycles. The van der Waals surface area contributed by atoms with E-state index < -0.39 is 9.84 Å². The number of hydrogen-bond donors (Lipinski definition) is 1. The van der Waals surface area contributed by atoms with Gasteiger partial charge in [-0.25, -0.2) is 8.42 Å². The van der Waals surface area contributed by atoms with Gasteiger partial charge >= 0.3 is 0 Å². The number of hydrogen-bond acceptors (Lipinski definition) is 4. The fourth-order valence-corrected chi connectivity index (χ4v) is 5.66. The van der Waals surface area contributed by atoms with Crippen LogP contribution >= 0.6 is 0 Å². The van der Waals surface area contributed by atoms with Crippen LogP contribution in [0.5, 0.6) is 0 Å². The van der Waals surface area contributed by atoms with E-state index in [1.165, 1.54) is 19.3 Å². The molecule has 0 spiro atoms. The third-order valence-corrected chi connectivity index (χ3v) is 7.24. The Hall–Kier alpha value is -1.37. The molecule has 4 rings (SSSR count). The highest BCUT2D eigenvalue weighted by molar-refractivity contribution is 7.91. The summed E-state index contributed by atoms with van der Waals surface area (Å²) in [5.74, 6) is 0.712. The zero-order valence-corrected chi connectivity index (χ0v) is 14.7. The van der Waals surface area contributed by atoms with Crippen molar-refractivity contribution < 1.29 is 13.2 Å². The molecule has 2 saturated carbocycles. The topological polar surface area (TPSA) is 81.1 Å². The van der Waals surface area contributed by atoms with Gasteiger partial charge in [0.15, 0.2) is 9.84 Å². The van der Waals surface area contributed by atoms with Crippen LogP contribution in [0.1, 0.15) is 79.5 Å². The van der Waals surface area contributed by atoms with Crippen molar-refractivity contribution in [1.82, 2.24) is 15.1 Å². The number of nitrogens with one attached hydrogen (secondary N) is 1. The minimum atomic E-state index is -2.96. The molecule has 3 fully saturated rings. The fourth-order valence-electron chi connectivity index (χ4n) is 3.97. The zero-order chi connectivity index (χ0) is 16.7. The van der Waals surface area contributed by atoms with Gasteiger partial charge in [0, 0.05) is 17.7 Å². The molecule has 2 aliphatic carbocycles. The van der Waals surface area contributed by atoms with Crippen LogP contribution in [0, 0.1) is 0 Å². The maximum Gasteiger partial charge on any atom is 0.272 e. The molecule has 1 N–H and O–H groups in total. The quantitative estimate of drug-likeness (QED) is 0.901. The lowest BCUT2D eigenvalue weighted by Crippen LogP contribution is -2.36. The first-order valence-electron chi connectivity index (χ1n) is 9.12. The summed E-state index contributed by atoms with van der Waals surface area (Å²) in [4.78, 5) is 12.6. The first-order valence-corrected chi connectivity index (χ1v) is 10.9. The van der Waals surface area contributed by atoms with Gasteiger partial charge in [0.05, 0.1) is 17.5 Å². The number of amides is 1. The lowest BCUT2D eigenvalue weighted by molar-refractivity contribution is 0.0921. The molecule has 0 radical (unpaired) electrons. The van der Waals surface area contributed by atoms with Gasteiger partial charge in [-0.2, -0.15) is 5.10 Å². The average molecular weight is 351 g/mol. The molecule has 0 bridgehead atoms. The summed E-state index contributed by atoms with van der Waals surface area (Å²) in [6.07, 6.45) is 8.50. The molecular weight excluding hydrogens is 326 g/mol. The maximum atomic E-state index is 12.6. The molecular formula is C17H25N3O3S. The van der Waals surface area contributed by atoms with E-state index in [1.54, 1.807) is 0 Å². The Balaban J connectivity index is 1.53. The third-order valence-electron chi connectivity index (χ3n) is 5.49. The van der Waals surface area contributed by atoms with Crippen molar-refractivity contribution in [2.75, 3.05) is 11.5 Å². The van der Waals surface area contributed by atoms with E-state index in [4.69, 9.17) is 0 Å². The summed E-state index contributed by atoms with van der Waals surface area (Å²) in [7, 11) is -2.96. The van der Waals surface area contributed by atoms with Crippen LogP contribution in [0.4, 0.5) is 0 Å². The molecule has 1 amide bonds. The van der Waals surface area contributed by atoms with Crippen molar-refractivity contribution >= 4 is 15.7 Å². The van der Waals surface area contributed by atoms with Gasteiger partial charge < -0.3 is 5.32 Å². The number of sulfone groups is 1. The van der Waals surface area contributed by atoms with Gasteiger partial charge in [-0.3, -0.25) is 9.48 Å². The minimum Gasteiger partial charge on any atom is -0.348 e. The third kappa shape index (κ3) is 3.36. The molecule has 1 unspecified atom stereocenters. The van der Waals surface area contributed by atoms with E-state index in [0.717, 1.165) is 31.4 Å². The van der Waals surface area contributed by atoms with Gasteiger partial charge in [0.2, 0.25) is 0 Å². The number of aromatic nitrogens is 2. The van der Waals surface area contributed by atoms with Crippen molar-refractivity contribution in [3.63, 3.8) is 0 Å². The molecule has 2 heterocycles. The average Bonchev–Trinajstić information content (AvgIpc) is 3.20. The zero-order valence-electron chi connectivity index (χ0n) is 13.9. The van der Waals surface area contributed by atoms with Crippen molar-refractivity contribution in [3.8, 4) is 0 Å². The summed E-state index contributed by atoms with van der Waals surface area (Å²) >= 11 is 0. The van der Waals surface area contributed by atoms with E-state index in [0.29, 0.717) is 18.0 Å². The summed E-state index contributed by atoms with van der Waals surface area (Å²) < 4.78 is 25.4. The molecule has 1 aliphatic heterocycles. The monoisotopic (exact) mass is 351 g/mol. The lowest BCUT2D eigenvalue weighted by Gasteiger charge is -2.22. The Morgan fingerprint density at radius 1 is 1.12 bits per heavy atom. The summed E-state index contributed by atoms with van der Waals surface area (Å²) in [5, 5.41) is 7.63. The summed E-state index contributed by atoms with van der Waals surface area (Å²) in [6, 6.07) is 2.04. The van der Waals surface area contributed by atoms with Gasteiger partial charge in [-0.1, -0.05) is 19.3 Å². The molecule has 132 valence electrons. The SMILES string of the molecule is O=C(NC1CCCCC1)c1cc(C2CC2)n(C2CCS(=O)(=O)C2)n1. The molecule has 1 atom stereocenters. The van der Waals surface area contributed by atoms with Crippen LogP contribution in [0.3, 0.4) is 0 Å². The molecule has 0 aromatic carbocycles. The number of rotatable bonds is 4. The smallest absolute Gasteiger partial charge is 0.272 e. The van der Waals surface area contributed by atoms with Crippen molar-refractivity contribution in [2.24, 2.45) is 0 Å². The second-order valence-corrected chi connectivity index (χ2v) is 9.77. The predicted octanol–water partition coefficient (Wildman–Crippen LogP) is 2.18. The van der Waals surface area contributed by atoms with Gasteiger partial charge in [-0.15, -0.1) is 0 Å². The van der Waals surface area contributed by atoms with Crippen LogP contribution in [-0.2, 0) is 9.84 Å². The predicted molar refractivity (Wildman–Crippen MR) is 90.8 cm³/mol. The first-order chi connectivity index (χ1) is 11.5. The molecule has 6 nitrogen and oxygen atoms in total. The van der Waals surface area contributed by atoms with Crippen LogP contribution in [-0.4, -0.2) is 41.7 Å². The van der Waals surface area contributed by atoms with Gasteiger partial charge in [0.25, 0.3) is 5.91 Å². The Morgan fingerprint density at radius 3 is 2.50 bits per heavy atom. The first kappa shape index (κ1) is 16.1. The van der Waals surface area contributed by atoms with Crippen LogP contribution in [0.25, 0.3) is 0 Å². The van der Waals surface area contributed by atoms with Gasteiger partial charge in [-0.05, 0) is 38.2 Å². The Bertz CT molecular complexity index is 730. The van der Waals surface area contributed by atoms with Crippen LogP contribution < -0.4 is 5.32 Å². The van der Waals surface area contributed by atoms with E-state index >= 15 is 0 Å². The Kier molecular flexibility index (Phi) is 4.14. The molecule has 3 aliphatic rings. The standard InChI is InChI=1S/C17H25N3O3S/c21-17(18-13-4-2-1-3-5-13)15-10-16(12-6-7-12)20(19-15)14-8-9-24(22,23)11-14/h10,12-14H,1-9,11H2,(H,18,21). The highest BCUT2D eigenvalue weighted by Crippen LogP contribution is 2.42. The number of nitrogens with zero attached hydrogens (tertiary/aromatic N) is 2. The molecule has 1 aromatic rings. The fraction of sp³-hybridized carbons (Fsp3) is 0.765. The second-order valence-electron chi connectivity index (χ2n) is 7.54. The summed E-state index contributed by atoms with van der Waals surface area (Å²) in [5.41, 5.74) is 1.50. The minimum absolute atomic E-state index is 0.108. The van der Waals surface area contributed by atoms with Crippen molar-refractivity contribution in [2.45, 2.75) is 69.4 Å². The van der Waals surface area contributed by atoms with E-state index in [9.17, 15) is 13.2 Å². The normalized spacial score (nSPS) is 27.2.